The fourth-order valence-electron chi connectivity index (χ4n) is 3.57. The Kier molecular flexibility index (Phi) is 7.80. The van der Waals surface area contributed by atoms with E-state index in [9.17, 15) is 9.59 Å². The second kappa shape index (κ2) is 10.5. The van der Waals surface area contributed by atoms with Crippen LogP contribution in [0.2, 0.25) is 0 Å². The number of thiazole rings is 1. The highest BCUT2D eigenvalue weighted by atomic mass is 32.1. The number of nitrogens with one attached hydrogen (secondary N) is 1. The molecular formula is C21H30N4O2S. The van der Waals surface area contributed by atoms with Gasteiger partial charge in [0.05, 0.1) is 21.8 Å². The summed E-state index contributed by atoms with van der Waals surface area (Å²) in [5.41, 5.74) is 1.07. The predicted molar refractivity (Wildman–Crippen MR) is 113 cm³/mol. The van der Waals surface area contributed by atoms with E-state index in [0.717, 1.165) is 62.4 Å². The molecule has 1 saturated heterocycles. The third kappa shape index (κ3) is 6.01. The first kappa shape index (κ1) is 20.7. The molecule has 6 nitrogen and oxygen atoms in total. The second-order valence-corrected chi connectivity index (χ2v) is 8.36. The Morgan fingerprint density at radius 2 is 2.00 bits per heavy atom. The van der Waals surface area contributed by atoms with Gasteiger partial charge in [-0.15, -0.1) is 11.3 Å². The summed E-state index contributed by atoms with van der Waals surface area (Å²) in [4.78, 5) is 33.1. The van der Waals surface area contributed by atoms with E-state index < -0.39 is 0 Å². The lowest BCUT2D eigenvalue weighted by molar-refractivity contribution is -0.131. The summed E-state index contributed by atoms with van der Waals surface area (Å²) < 4.78 is 1.23. The number of fused-ring (bicyclic) bond motifs is 1. The molecule has 0 radical (unpaired) electrons. The zero-order valence-electron chi connectivity index (χ0n) is 16.7. The SMILES string of the molecule is CCNC(=O)CN1CCCN(C(=O)CCCCc2nc3ccccc3s2)CC1. The van der Waals surface area contributed by atoms with Gasteiger partial charge in [-0.05, 0) is 44.7 Å². The highest BCUT2D eigenvalue weighted by Crippen LogP contribution is 2.23. The fraction of sp³-hybridized carbons (Fsp3) is 0.571. The number of hydrogen-bond acceptors (Lipinski definition) is 5. The number of carbonyl (C=O) groups excluding carboxylic acids is 2. The first-order valence-electron chi connectivity index (χ1n) is 10.3. The molecule has 0 saturated carbocycles. The quantitative estimate of drug-likeness (QED) is 0.690. The number of aromatic nitrogens is 1. The molecule has 1 N–H and O–H groups in total. The number of carbonyl (C=O) groups is 2. The van der Waals surface area contributed by atoms with Crippen LogP contribution in [0.1, 0.15) is 37.6 Å². The molecule has 0 atom stereocenters. The Balaban J connectivity index is 1.37. The molecule has 3 rings (SSSR count). The number of amides is 2. The smallest absolute Gasteiger partial charge is 0.234 e. The lowest BCUT2D eigenvalue weighted by Gasteiger charge is -2.21. The van der Waals surface area contributed by atoms with Crippen LogP contribution in [0, 0.1) is 0 Å². The summed E-state index contributed by atoms with van der Waals surface area (Å²) in [5.74, 6) is 0.307. The minimum absolute atomic E-state index is 0.0668. The Morgan fingerprint density at radius 3 is 2.82 bits per heavy atom. The highest BCUT2D eigenvalue weighted by molar-refractivity contribution is 7.18. The summed E-state index contributed by atoms with van der Waals surface area (Å²) in [6.07, 6.45) is 4.35. The third-order valence-corrected chi connectivity index (χ3v) is 6.15. The average Bonchev–Trinajstić information content (AvgIpc) is 2.96. The van der Waals surface area contributed by atoms with Gasteiger partial charge in [0.1, 0.15) is 0 Å². The molecule has 2 heterocycles. The zero-order chi connectivity index (χ0) is 19.8. The molecule has 0 bridgehead atoms. The molecule has 1 fully saturated rings. The van der Waals surface area contributed by atoms with E-state index in [-0.39, 0.29) is 11.8 Å². The number of unbranched alkanes of at least 4 members (excludes halogenated alkanes) is 1. The number of benzene rings is 1. The number of hydrogen-bond donors (Lipinski definition) is 1. The van der Waals surface area contributed by atoms with Gasteiger partial charge in [-0.1, -0.05) is 12.1 Å². The number of likely N-dealkylation sites (N-methyl/N-ethyl adjacent to an activating group) is 1. The maximum Gasteiger partial charge on any atom is 0.234 e. The number of para-hydroxylation sites is 1. The molecule has 2 aromatic rings. The minimum Gasteiger partial charge on any atom is -0.355 e. The Bertz CT molecular complexity index is 759. The van der Waals surface area contributed by atoms with E-state index >= 15 is 0 Å². The molecule has 0 spiro atoms. The lowest BCUT2D eigenvalue weighted by atomic mass is 10.2. The Labute approximate surface area is 170 Å². The Morgan fingerprint density at radius 1 is 1.14 bits per heavy atom. The van der Waals surface area contributed by atoms with Crippen LogP contribution in [-0.2, 0) is 16.0 Å². The Hall–Kier alpha value is -1.99. The van der Waals surface area contributed by atoms with Crippen LogP contribution in [0.3, 0.4) is 0 Å². The molecule has 1 aromatic carbocycles. The van der Waals surface area contributed by atoms with Crippen molar-refractivity contribution in [1.29, 1.82) is 0 Å². The third-order valence-electron chi connectivity index (χ3n) is 5.05. The van der Waals surface area contributed by atoms with Crippen LogP contribution in [-0.4, -0.2) is 65.9 Å². The van der Waals surface area contributed by atoms with E-state index in [4.69, 9.17) is 0 Å². The fourth-order valence-corrected chi connectivity index (χ4v) is 4.58. The number of aryl methyl sites for hydroxylation is 1. The molecule has 1 aliphatic heterocycles. The molecule has 1 aromatic heterocycles. The molecule has 28 heavy (non-hydrogen) atoms. The highest BCUT2D eigenvalue weighted by Gasteiger charge is 2.20. The first-order valence-corrected chi connectivity index (χ1v) is 11.1. The molecule has 0 aliphatic carbocycles. The van der Waals surface area contributed by atoms with Crippen molar-refractivity contribution in [2.24, 2.45) is 0 Å². The normalized spacial score (nSPS) is 15.5. The van der Waals surface area contributed by atoms with Crippen LogP contribution < -0.4 is 5.32 Å². The van der Waals surface area contributed by atoms with Crippen molar-refractivity contribution >= 4 is 33.4 Å². The topological polar surface area (TPSA) is 65.5 Å². The van der Waals surface area contributed by atoms with E-state index in [0.29, 0.717) is 19.5 Å². The van der Waals surface area contributed by atoms with Gasteiger partial charge in [0.25, 0.3) is 0 Å². The van der Waals surface area contributed by atoms with E-state index in [1.54, 1.807) is 11.3 Å². The van der Waals surface area contributed by atoms with E-state index in [2.05, 4.69) is 21.3 Å². The van der Waals surface area contributed by atoms with Crippen LogP contribution in [0.15, 0.2) is 24.3 Å². The summed E-state index contributed by atoms with van der Waals surface area (Å²) in [6.45, 7) is 6.18. The van der Waals surface area contributed by atoms with Gasteiger partial charge in [0, 0.05) is 39.1 Å². The molecule has 7 heteroatoms. The molecule has 1 aliphatic rings. The summed E-state index contributed by atoms with van der Waals surface area (Å²) >= 11 is 1.75. The van der Waals surface area contributed by atoms with Crippen molar-refractivity contribution in [3.05, 3.63) is 29.3 Å². The van der Waals surface area contributed by atoms with Crippen molar-refractivity contribution in [2.75, 3.05) is 39.3 Å². The molecule has 2 amide bonds. The molecular weight excluding hydrogens is 372 g/mol. The number of rotatable bonds is 8. The molecule has 152 valence electrons. The van der Waals surface area contributed by atoms with Crippen molar-refractivity contribution in [1.82, 2.24) is 20.1 Å². The summed E-state index contributed by atoms with van der Waals surface area (Å²) in [7, 11) is 0. The van der Waals surface area contributed by atoms with Crippen molar-refractivity contribution in [3.63, 3.8) is 0 Å². The average molecular weight is 403 g/mol. The van der Waals surface area contributed by atoms with Gasteiger partial charge >= 0.3 is 0 Å². The van der Waals surface area contributed by atoms with Gasteiger partial charge in [0.2, 0.25) is 11.8 Å². The maximum absolute atomic E-state index is 12.5. The van der Waals surface area contributed by atoms with Crippen molar-refractivity contribution < 1.29 is 9.59 Å². The van der Waals surface area contributed by atoms with Crippen molar-refractivity contribution in [2.45, 2.75) is 39.0 Å². The second-order valence-electron chi connectivity index (χ2n) is 7.25. The monoisotopic (exact) mass is 402 g/mol. The summed E-state index contributed by atoms with van der Waals surface area (Å²) in [5, 5.41) is 3.99. The zero-order valence-corrected chi connectivity index (χ0v) is 17.5. The summed E-state index contributed by atoms with van der Waals surface area (Å²) in [6, 6.07) is 8.21. The van der Waals surface area contributed by atoms with Crippen LogP contribution in [0.5, 0.6) is 0 Å². The number of nitrogens with zero attached hydrogens (tertiary/aromatic N) is 3. The predicted octanol–water partition coefficient (Wildman–Crippen LogP) is 2.68. The van der Waals surface area contributed by atoms with Gasteiger partial charge in [-0.2, -0.15) is 0 Å². The lowest BCUT2D eigenvalue weighted by Crippen LogP contribution is -2.40. The van der Waals surface area contributed by atoms with Crippen molar-refractivity contribution in [3.8, 4) is 0 Å². The molecule has 0 unspecified atom stereocenters. The minimum atomic E-state index is 0.0668. The van der Waals surface area contributed by atoms with Crippen LogP contribution in [0.25, 0.3) is 10.2 Å². The van der Waals surface area contributed by atoms with Gasteiger partial charge in [-0.25, -0.2) is 4.98 Å². The van der Waals surface area contributed by atoms with E-state index in [1.807, 2.05) is 30.0 Å². The van der Waals surface area contributed by atoms with Crippen LogP contribution >= 0.6 is 11.3 Å². The van der Waals surface area contributed by atoms with Gasteiger partial charge in [0.15, 0.2) is 0 Å². The largest absolute Gasteiger partial charge is 0.355 e. The maximum atomic E-state index is 12.5. The van der Waals surface area contributed by atoms with Gasteiger partial charge < -0.3 is 10.2 Å². The van der Waals surface area contributed by atoms with Gasteiger partial charge in [-0.3, -0.25) is 14.5 Å². The van der Waals surface area contributed by atoms with Crippen LogP contribution in [0.4, 0.5) is 0 Å². The first-order chi connectivity index (χ1) is 13.7. The van der Waals surface area contributed by atoms with E-state index in [1.165, 1.54) is 4.70 Å². The standard InChI is InChI=1S/C21H30N4O2S/c1-2-22-19(26)16-24-12-7-13-25(15-14-24)21(27)11-6-5-10-20-23-17-8-3-4-9-18(17)28-20/h3-4,8-9H,2,5-7,10-16H2,1H3,(H,22,26).